The largest absolute Gasteiger partial charge is 0.355 e. The van der Waals surface area contributed by atoms with E-state index in [1.54, 1.807) is 17.5 Å². The van der Waals surface area contributed by atoms with Gasteiger partial charge >= 0.3 is 0 Å². The molecule has 2 aromatic heterocycles. The fourth-order valence-electron chi connectivity index (χ4n) is 1.98. The number of nitrogens with zero attached hydrogens (tertiary/aromatic N) is 1. The summed E-state index contributed by atoms with van der Waals surface area (Å²) in [4.78, 5) is 2.49. The highest BCUT2D eigenvalue weighted by atomic mass is 32.1. The summed E-state index contributed by atoms with van der Waals surface area (Å²) in [6, 6.07) is 14.6. The number of benzene rings is 1. The van der Waals surface area contributed by atoms with Crippen LogP contribution < -0.4 is 0 Å². The zero-order chi connectivity index (χ0) is 12.4. The van der Waals surface area contributed by atoms with Crippen molar-refractivity contribution in [1.82, 2.24) is 5.16 Å². The van der Waals surface area contributed by atoms with Crippen LogP contribution in [0.15, 0.2) is 53.2 Å². The van der Waals surface area contributed by atoms with Gasteiger partial charge in [-0.2, -0.15) is 0 Å². The summed E-state index contributed by atoms with van der Waals surface area (Å²) < 4.78 is 5.20. The molecule has 0 fully saturated rings. The molecular weight excluding hydrogens is 242 g/mol. The van der Waals surface area contributed by atoms with E-state index in [-0.39, 0.29) is 0 Å². The number of hydrogen-bond acceptors (Lipinski definition) is 3. The second kappa shape index (κ2) is 4.78. The molecule has 0 unspecified atom stereocenters. The maximum atomic E-state index is 5.20. The van der Waals surface area contributed by atoms with Gasteiger partial charge in [0.25, 0.3) is 0 Å². The number of hydrogen-bond donors (Lipinski definition) is 0. The first kappa shape index (κ1) is 11.2. The molecule has 1 aromatic carbocycles. The van der Waals surface area contributed by atoms with Gasteiger partial charge in [0.05, 0.1) is 11.1 Å². The highest BCUT2D eigenvalue weighted by Gasteiger charge is 2.10. The van der Waals surface area contributed by atoms with Gasteiger partial charge in [0.2, 0.25) is 0 Å². The van der Waals surface area contributed by atoms with Crippen molar-refractivity contribution in [2.75, 3.05) is 0 Å². The Bertz CT molecular complexity index is 626. The third-order valence-corrected chi connectivity index (χ3v) is 4.05. The van der Waals surface area contributed by atoms with Crippen LogP contribution in [-0.4, -0.2) is 5.16 Å². The van der Waals surface area contributed by atoms with Crippen LogP contribution in [0.1, 0.15) is 16.0 Å². The van der Waals surface area contributed by atoms with E-state index >= 15 is 0 Å². The molecule has 18 heavy (non-hydrogen) atoms. The van der Waals surface area contributed by atoms with Crippen molar-refractivity contribution >= 4 is 11.3 Å². The molecule has 0 N–H and O–H groups in total. The molecule has 0 atom stereocenters. The van der Waals surface area contributed by atoms with Gasteiger partial charge in [-0.1, -0.05) is 35.5 Å². The van der Waals surface area contributed by atoms with Crippen molar-refractivity contribution in [2.45, 2.75) is 13.3 Å². The van der Waals surface area contributed by atoms with Gasteiger partial charge in [-0.3, -0.25) is 0 Å². The van der Waals surface area contributed by atoms with Crippen LogP contribution in [0.4, 0.5) is 0 Å². The van der Waals surface area contributed by atoms with E-state index in [4.69, 9.17) is 4.52 Å². The summed E-state index contributed by atoms with van der Waals surface area (Å²) in [6.07, 6.45) is 2.65. The lowest BCUT2D eigenvalue weighted by atomic mass is 10.1. The Morgan fingerprint density at radius 1 is 1.17 bits per heavy atom. The maximum Gasteiger partial charge on any atom is 0.176 e. The van der Waals surface area contributed by atoms with Crippen molar-refractivity contribution in [3.05, 3.63) is 64.7 Å². The van der Waals surface area contributed by atoms with Gasteiger partial charge in [-0.25, -0.2) is 0 Å². The Hall–Kier alpha value is -1.87. The molecule has 0 bridgehead atoms. The van der Waals surface area contributed by atoms with Gasteiger partial charge < -0.3 is 4.52 Å². The van der Waals surface area contributed by atoms with Gasteiger partial charge in [-0.15, -0.1) is 11.3 Å². The number of rotatable bonds is 3. The zero-order valence-electron chi connectivity index (χ0n) is 10.1. The van der Waals surface area contributed by atoms with E-state index in [1.165, 1.54) is 16.0 Å². The molecule has 2 heterocycles. The number of aromatic nitrogens is 1. The van der Waals surface area contributed by atoms with E-state index in [1.807, 2.05) is 12.1 Å². The van der Waals surface area contributed by atoms with Crippen LogP contribution in [0.2, 0.25) is 0 Å². The fraction of sp³-hybridized carbons (Fsp3) is 0.133. The molecule has 90 valence electrons. The summed E-state index contributed by atoms with van der Waals surface area (Å²) in [5.41, 5.74) is 2.69. The predicted octanol–water partition coefficient (Wildman–Crippen LogP) is 4.30. The van der Waals surface area contributed by atoms with Crippen molar-refractivity contribution < 1.29 is 4.52 Å². The first-order valence-electron chi connectivity index (χ1n) is 5.87. The third kappa shape index (κ3) is 2.22. The Kier molecular flexibility index (Phi) is 2.99. The van der Waals surface area contributed by atoms with Gasteiger partial charge in [0, 0.05) is 10.9 Å². The Morgan fingerprint density at radius 3 is 2.72 bits per heavy atom. The normalized spacial score (nSPS) is 10.7. The van der Waals surface area contributed by atoms with Crippen molar-refractivity contribution in [3.63, 3.8) is 0 Å². The highest BCUT2D eigenvalue weighted by molar-refractivity contribution is 7.15. The summed E-state index contributed by atoms with van der Waals surface area (Å²) in [5.74, 6) is 0.849. The molecule has 3 heteroatoms. The molecule has 0 saturated heterocycles. The molecule has 2 nitrogen and oxygen atoms in total. The molecule has 0 saturated carbocycles. The minimum atomic E-state index is 0.849. The first-order chi connectivity index (χ1) is 8.83. The summed E-state index contributed by atoms with van der Waals surface area (Å²) >= 11 is 1.76. The minimum absolute atomic E-state index is 0.849. The first-order valence-corrected chi connectivity index (χ1v) is 6.69. The monoisotopic (exact) mass is 255 g/mol. The van der Waals surface area contributed by atoms with Gasteiger partial charge in [0.15, 0.2) is 5.76 Å². The highest BCUT2D eigenvalue weighted by Crippen LogP contribution is 2.31. The summed E-state index contributed by atoms with van der Waals surface area (Å²) in [5, 5.41) is 3.75. The molecule has 3 aromatic rings. The molecule has 0 amide bonds. The number of thiophene rings is 1. The Morgan fingerprint density at radius 2 is 2.00 bits per heavy atom. The molecule has 0 aliphatic heterocycles. The SMILES string of the molecule is Cc1sc(-c2ccno2)cc1Cc1ccccc1. The van der Waals surface area contributed by atoms with Crippen LogP contribution in [-0.2, 0) is 6.42 Å². The predicted molar refractivity (Wildman–Crippen MR) is 73.8 cm³/mol. The smallest absolute Gasteiger partial charge is 0.176 e. The second-order valence-electron chi connectivity index (χ2n) is 4.23. The molecule has 3 rings (SSSR count). The van der Waals surface area contributed by atoms with E-state index in [9.17, 15) is 0 Å². The maximum absolute atomic E-state index is 5.20. The Labute approximate surface area is 110 Å². The van der Waals surface area contributed by atoms with Crippen LogP contribution in [0.25, 0.3) is 10.6 Å². The molecule has 0 aliphatic rings. The fourth-order valence-corrected chi connectivity index (χ4v) is 2.97. The average Bonchev–Trinajstić information content (AvgIpc) is 3.01. The minimum Gasteiger partial charge on any atom is -0.355 e. The van der Waals surface area contributed by atoms with Crippen LogP contribution >= 0.6 is 11.3 Å². The zero-order valence-corrected chi connectivity index (χ0v) is 10.9. The van der Waals surface area contributed by atoms with E-state index < -0.39 is 0 Å². The number of aryl methyl sites for hydroxylation is 1. The molecule has 0 spiro atoms. The summed E-state index contributed by atoms with van der Waals surface area (Å²) in [6.45, 7) is 2.16. The lowest BCUT2D eigenvalue weighted by Gasteiger charge is -1.99. The van der Waals surface area contributed by atoms with E-state index in [0.29, 0.717) is 0 Å². The van der Waals surface area contributed by atoms with E-state index in [2.05, 4.69) is 42.4 Å². The lowest BCUT2D eigenvalue weighted by molar-refractivity contribution is 0.433. The third-order valence-electron chi connectivity index (χ3n) is 2.94. The molecule has 0 radical (unpaired) electrons. The van der Waals surface area contributed by atoms with Crippen LogP contribution in [0.3, 0.4) is 0 Å². The van der Waals surface area contributed by atoms with Gasteiger partial charge in [0.1, 0.15) is 0 Å². The van der Waals surface area contributed by atoms with E-state index in [0.717, 1.165) is 17.1 Å². The molecular formula is C15H13NOS. The van der Waals surface area contributed by atoms with Crippen molar-refractivity contribution in [3.8, 4) is 10.6 Å². The van der Waals surface area contributed by atoms with Crippen molar-refractivity contribution in [1.29, 1.82) is 0 Å². The Balaban J connectivity index is 1.90. The second-order valence-corrected chi connectivity index (χ2v) is 5.49. The van der Waals surface area contributed by atoms with Crippen LogP contribution in [0.5, 0.6) is 0 Å². The molecule has 0 aliphatic carbocycles. The van der Waals surface area contributed by atoms with Gasteiger partial charge in [-0.05, 0) is 30.5 Å². The summed E-state index contributed by atoms with van der Waals surface area (Å²) in [7, 11) is 0. The standard InChI is InChI=1S/C15H13NOS/c1-11-13(9-12-5-3-2-4-6-12)10-15(18-11)14-7-8-16-17-14/h2-8,10H,9H2,1H3. The average molecular weight is 255 g/mol. The van der Waals surface area contributed by atoms with Crippen LogP contribution in [0, 0.1) is 6.92 Å². The quantitative estimate of drug-likeness (QED) is 0.697. The van der Waals surface area contributed by atoms with Crippen molar-refractivity contribution in [2.24, 2.45) is 0 Å². The lowest BCUT2D eigenvalue weighted by Crippen LogP contribution is -1.86. The topological polar surface area (TPSA) is 26.0 Å².